The fraction of sp³-hybridized carbons (Fsp3) is 0.429. The van der Waals surface area contributed by atoms with Crippen LogP contribution in [-0.2, 0) is 10.3 Å². The Labute approximate surface area is 130 Å². The van der Waals surface area contributed by atoms with E-state index in [-0.39, 0.29) is 12.2 Å². The highest BCUT2D eigenvalue weighted by Gasteiger charge is 2.44. The molecule has 6 nitrogen and oxygen atoms in total. The van der Waals surface area contributed by atoms with Crippen molar-refractivity contribution in [2.75, 3.05) is 0 Å². The molecule has 0 fully saturated rings. The molecule has 1 aromatic carbocycles. The SMILES string of the molecule is CC[C@@](C)(NC(=O)C(F)(F)F)c1nnnn1-c1cccc(C)c1. The molecule has 2 rings (SSSR count). The van der Waals surface area contributed by atoms with Crippen molar-refractivity contribution in [3.8, 4) is 5.69 Å². The summed E-state index contributed by atoms with van der Waals surface area (Å²) in [5.41, 5.74) is 0.187. The average molecular weight is 327 g/mol. The fourth-order valence-corrected chi connectivity index (χ4v) is 2.09. The monoisotopic (exact) mass is 327 g/mol. The number of rotatable bonds is 4. The second-order valence-corrected chi connectivity index (χ2v) is 5.39. The zero-order valence-corrected chi connectivity index (χ0v) is 12.8. The Balaban J connectivity index is 2.44. The van der Waals surface area contributed by atoms with E-state index in [0.29, 0.717) is 5.69 Å². The average Bonchev–Trinajstić information content (AvgIpc) is 2.96. The maximum absolute atomic E-state index is 12.6. The van der Waals surface area contributed by atoms with Crippen molar-refractivity contribution < 1.29 is 18.0 Å². The molecule has 1 amide bonds. The fourth-order valence-electron chi connectivity index (χ4n) is 2.09. The van der Waals surface area contributed by atoms with Crippen molar-refractivity contribution in [2.24, 2.45) is 0 Å². The van der Waals surface area contributed by atoms with Crippen molar-refractivity contribution in [3.05, 3.63) is 35.7 Å². The topological polar surface area (TPSA) is 72.7 Å². The summed E-state index contributed by atoms with van der Waals surface area (Å²) in [6, 6.07) is 7.18. The van der Waals surface area contributed by atoms with Gasteiger partial charge >= 0.3 is 12.1 Å². The van der Waals surface area contributed by atoms with Gasteiger partial charge in [-0.25, -0.2) is 0 Å². The van der Waals surface area contributed by atoms with E-state index in [9.17, 15) is 18.0 Å². The van der Waals surface area contributed by atoms with Gasteiger partial charge in [0.15, 0.2) is 5.82 Å². The number of hydrogen-bond donors (Lipinski definition) is 1. The number of carbonyl (C=O) groups is 1. The van der Waals surface area contributed by atoms with Crippen LogP contribution in [0.5, 0.6) is 0 Å². The van der Waals surface area contributed by atoms with Crippen molar-refractivity contribution >= 4 is 5.91 Å². The molecular formula is C14H16F3N5O. The summed E-state index contributed by atoms with van der Waals surface area (Å²) < 4.78 is 39.0. The molecule has 0 spiro atoms. The van der Waals surface area contributed by atoms with Crippen LogP contribution in [0.15, 0.2) is 24.3 Å². The summed E-state index contributed by atoms with van der Waals surface area (Å²) in [6.07, 6.45) is -4.79. The van der Waals surface area contributed by atoms with E-state index in [1.165, 1.54) is 11.6 Å². The lowest BCUT2D eigenvalue weighted by Gasteiger charge is -2.28. The maximum atomic E-state index is 12.6. The molecule has 9 heteroatoms. The van der Waals surface area contributed by atoms with Gasteiger partial charge in [-0.2, -0.15) is 17.9 Å². The predicted octanol–water partition coefficient (Wildman–Crippen LogP) is 2.27. The van der Waals surface area contributed by atoms with Gasteiger partial charge in [-0.15, -0.1) is 5.10 Å². The molecule has 0 saturated heterocycles. The summed E-state index contributed by atoms with van der Waals surface area (Å²) in [4.78, 5) is 11.3. The highest BCUT2D eigenvalue weighted by molar-refractivity contribution is 5.82. The number of alkyl halides is 3. The lowest BCUT2D eigenvalue weighted by molar-refractivity contribution is -0.175. The number of carbonyl (C=O) groups excluding carboxylic acids is 1. The smallest absolute Gasteiger partial charge is 0.336 e. The van der Waals surface area contributed by atoms with Crippen LogP contribution in [0.25, 0.3) is 5.69 Å². The van der Waals surface area contributed by atoms with E-state index in [4.69, 9.17) is 0 Å². The van der Waals surface area contributed by atoms with Crippen molar-refractivity contribution in [1.29, 1.82) is 0 Å². The van der Waals surface area contributed by atoms with E-state index >= 15 is 0 Å². The highest BCUT2D eigenvalue weighted by atomic mass is 19.4. The van der Waals surface area contributed by atoms with Gasteiger partial charge in [-0.1, -0.05) is 19.1 Å². The van der Waals surface area contributed by atoms with Gasteiger partial charge in [0.1, 0.15) is 0 Å². The number of tetrazole rings is 1. The molecule has 0 bridgehead atoms. The highest BCUT2D eigenvalue weighted by Crippen LogP contribution is 2.26. The Kier molecular flexibility index (Phi) is 4.39. The molecule has 0 saturated carbocycles. The van der Waals surface area contributed by atoms with Crippen LogP contribution in [0.3, 0.4) is 0 Å². The van der Waals surface area contributed by atoms with Gasteiger partial charge in [-0.3, -0.25) is 4.79 Å². The van der Waals surface area contributed by atoms with Gasteiger partial charge in [0.25, 0.3) is 0 Å². The molecule has 23 heavy (non-hydrogen) atoms. The van der Waals surface area contributed by atoms with E-state index in [0.717, 1.165) is 5.56 Å². The van der Waals surface area contributed by atoms with Crippen molar-refractivity contribution in [2.45, 2.75) is 38.9 Å². The van der Waals surface area contributed by atoms with Crippen molar-refractivity contribution in [3.63, 3.8) is 0 Å². The van der Waals surface area contributed by atoms with Crippen molar-refractivity contribution in [1.82, 2.24) is 25.5 Å². The Morgan fingerprint density at radius 2 is 2.04 bits per heavy atom. The first-order valence-corrected chi connectivity index (χ1v) is 6.92. The lowest BCUT2D eigenvalue weighted by Crippen LogP contribution is -2.50. The van der Waals surface area contributed by atoms with Crippen LogP contribution in [0.2, 0.25) is 0 Å². The second kappa shape index (κ2) is 5.98. The Morgan fingerprint density at radius 1 is 1.35 bits per heavy atom. The number of nitrogens with one attached hydrogen (secondary N) is 1. The van der Waals surface area contributed by atoms with Crippen LogP contribution in [0, 0.1) is 6.92 Å². The quantitative estimate of drug-likeness (QED) is 0.935. The number of aromatic nitrogens is 4. The summed E-state index contributed by atoms with van der Waals surface area (Å²) in [6.45, 7) is 4.97. The zero-order valence-electron chi connectivity index (χ0n) is 12.8. The number of amides is 1. The lowest BCUT2D eigenvalue weighted by atomic mass is 9.97. The van der Waals surface area contributed by atoms with Crippen LogP contribution in [0.1, 0.15) is 31.7 Å². The molecule has 0 aliphatic heterocycles. The number of nitrogens with zero attached hydrogens (tertiary/aromatic N) is 4. The number of halogens is 3. The van der Waals surface area contributed by atoms with Crippen LogP contribution in [-0.4, -0.2) is 32.3 Å². The van der Waals surface area contributed by atoms with E-state index in [1.807, 2.05) is 18.3 Å². The number of benzene rings is 1. The molecule has 0 aliphatic rings. The van der Waals surface area contributed by atoms with Gasteiger partial charge in [0.2, 0.25) is 0 Å². The summed E-state index contributed by atoms with van der Waals surface area (Å²) in [7, 11) is 0. The molecule has 0 unspecified atom stereocenters. The third kappa shape index (κ3) is 3.49. The second-order valence-electron chi connectivity index (χ2n) is 5.39. The van der Waals surface area contributed by atoms with E-state index < -0.39 is 17.6 Å². The Morgan fingerprint density at radius 3 is 2.61 bits per heavy atom. The zero-order chi connectivity index (χ0) is 17.3. The predicted molar refractivity (Wildman–Crippen MR) is 75.7 cm³/mol. The first-order valence-electron chi connectivity index (χ1n) is 6.92. The molecular weight excluding hydrogens is 311 g/mol. The summed E-state index contributed by atoms with van der Waals surface area (Å²) in [5, 5.41) is 13.2. The molecule has 124 valence electrons. The Hall–Kier alpha value is -2.45. The summed E-state index contributed by atoms with van der Waals surface area (Å²) >= 11 is 0. The van der Waals surface area contributed by atoms with Gasteiger partial charge in [-0.05, 0) is 48.4 Å². The first kappa shape index (κ1) is 16.9. The van der Waals surface area contributed by atoms with Gasteiger partial charge < -0.3 is 5.32 Å². The number of aryl methyl sites for hydroxylation is 1. The minimum absolute atomic E-state index is 0.128. The van der Waals surface area contributed by atoms with Gasteiger partial charge in [0.05, 0.1) is 11.2 Å². The van der Waals surface area contributed by atoms with Crippen LogP contribution in [0.4, 0.5) is 13.2 Å². The van der Waals surface area contributed by atoms with Crippen LogP contribution >= 0.6 is 0 Å². The molecule has 0 radical (unpaired) electrons. The minimum atomic E-state index is -4.97. The third-order valence-corrected chi connectivity index (χ3v) is 3.56. The maximum Gasteiger partial charge on any atom is 0.471 e. The Bertz CT molecular complexity index is 712. The molecule has 2 aromatic rings. The first-order chi connectivity index (χ1) is 10.7. The van der Waals surface area contributed by atoms with E-state index in [1.54, 1.807) is 25.1 Å². The summed E-state index contributed by atoms with van der Waals surface area (Å²) in [5.74, 6) is -1.90. The number of hydrogen-bond acceptors (Lipinski definition) is 4. The molecule has 1 aromatic heterocycles. The molecule has 1 heterocycles. The molecule has 1 atom stereocenters. The standard InChI is InChI=1S/C14H16F3N5O/c1-4-13(3,18-12(23)14(15,16)17)11-19-20-21-22(11)10-7-5-6-9(2)8-10/h5-8H,4H2,1-3H3,(H,18,23)/t13-/m1/s1. The normalized spacial score (nSPS) is 14.3. The van der Waals surface area contributed by atoms with E-state index in [2.05, 4.69) is 15.5 Å². The molecule has 0 aliphatic carbocycles. The molecule has 1 N–H and O–H groups in total. The minimum Gasteiger partial charge on any atom is -0.336 e. The largest absolute Gasteiger partial charge is 0.471 e. The van der Waals surface area contributed by atoms with Gasteiger partial charge in [0, 0.05) is 0 Å². The van der Waals surface area contributed by atoms with Crippen LogP contribution < -0.4 is 5.32 Å². The third-order valence-electron chi connectivity index (χ3n) is 3.56.